The third kappa shape index (κ3) is 3.55. The lowest BCUT2D eigenvalue weighted by Crippen LogP contribution is -2.60. The van der Waals surface area contributed by atoms with Crippen molar-refractivity contribution in [2.45, 2.75) is 57.6 Å². The molecule has 0 N–H and O–H groups in total. The molecule has 2 heterocycles. The van der Waals surface area contributed by atoms with Gasteiger partial charge < -0.3 is 9.64 Å². The van der Waals surface area contributed by atoms with E-state index in [0.29, 0.717) is 24.0 Å². The predicted molar refractivity (Wildman–Crippen MR) is 98.8 cm³/mol. The summed E-state index contributed by atoms with van der Waals surface area (Å²) in [6.07, 6.45) is 7.05. The molecule has 1 aromatic rings. The lowest BCUT2D eigenvalue weighted by molar-refractivity contribution is -0.140. The Kier molecular flexibility index (Phi) is 4.98. The molecule has 1 amide bonds. The molecule has 0 atom stereocenters. The number of nitrogens with zero attached hydrogens (tertiary/aromatic N) is 2. The van der Waals surface area contributed by atoms with Crippen molar-refractivity contribution in [2.75, 3.05) is 26.2 Å². The Bertz CT molecular complexity index is 600. The molecule has 1 aliphatic carbocycles. The topological polar surface area (TPSA) is 32.8 Å². The van der Waals surface area contributed by atoms with Crippen LogP contribution in [0.2, 0.25) is 0 Å². The van der Waals surface area contributed by atoms with Gasteiger partial charge in [-0.25, -0.2) is 0 Å². The van der Waals surface area contributed by atoms with Crippen molar-refractivity contribution in [1.82, 2.24) is 9.80 Å². The highest BCUT2D eigenvalue weighted by Gasteiger charge is 2.37. The maximum atomic E-state index is 12.3. The summed E-state index contributed by atoms with van der Waals surface area (Å²) in [6.45, 7) is 6.12. The number of ether oxygens (including phenoxy) is 1. The van der Waals surface area contributed by atoms with E-state index < -0.39 is 0 Å². The molecule has 136 valence electrons. The quantitative estimate of drug-likeness (QED) is 0.824. The molecule has 0 unspecified atom stereocenters. The average molecular weight is 342 g/mol. The van der Waals surface area contributed by atoms with Crippen LogP contribution in [0.4, 0.5) is 0 Å². The molecular formula is C21H30N2O2. The molecule has 0 spiro atoms. The zero-order valence-corrected chi connectivity index (χ0v) is 15.3. The molecule has 0 bridgehead atoms. The molecular weight excluding hydrogens is 312 g/mol. The van der Waals surface area contributed by atoms with Gasteiger partial charge in [0.25, 0.3) is 0 Å². The van der Waals surface area contributed by atoms with Crippen LogP contribution in [-0.4, -0.2) is 54.0 Å². The number of rotatable bonds is 5. The average Bonchev–Trinajstić information content (AvgIpc) is 2.56. The summed E-state index contributed by atoms with van der Waals surface area (Å²) in [4.78, 5) is 17.0. The van der Waals surface area contributed by atoms with Crippen molar-refractivity contribution in [3.05, 3.63) is 29.8 Å². The Hall–Kier alpha value is -1.55. The van der Waals surface area contributed by atoms with Crippen molar-refractivity contribution >= 4 is 5.91 Å². The SMILES string of the molecule is CCc1ccccc1OC1CN(C2CCN(C(=O)C3CCC3)CC2)C1. The summed E-state index contributed by atoms with van der Waals surface area (Å²) in [5.74, 6) is 1.82. The highest BCUT2D eigenvalue weighted by molar-refractivity contribution is 5.79. The van der Waals surface area contributed by atoms with E-state index in [2.05, 4.69) is 41.0 Å². The van der Waals surface area contributed by atoms with E-state index in [4.69, 9.17) is 4.74 Å². The third-order valence-corrected chi connectivity index (χ3v) is 6.27. The van der Waals surface area contributed by atoms with E-state index in [9.17, 15) is 4.79 Å². The fourth-order valence-corrected chi connectivity index (χ4v) is 4.30. The van der Waals surface area contributed by atoms with Crippen LogP contribution in [0, 0.1) is 5.92 Å². The van der Waals surface area contributed by atoms with Gasteiger partial charge in [-0.05, 0) is 43.7 Å². The minimum Gasteiger partial charge on any atom is -0.487 e. The molecule has 2 saturated heterocycles. The zero-order chi connectivity index (χ0) is 17.2. The lowest BCUT2D eigenvalue weighted by atomic mass is 9.84. The van der Waals surface area contributed by atoms with Crippen LogP contribution in [0.25, 0.3) is 0 Å². The Labute approximate surface area is 151 Å². The summed E-state index contributed by atoms with van der Waals surface area (Å²) < 4.78 is 6.20. The first-order valence-corrected chi connectivity index (χ1v) is 10.0. The molecule has 4 heteroatoms. The highest BCUT2D eigenvalue weighted by atomic mass is 16.5. The fraction of sp³-hybridized carbons (Fsp3) is 0.667. The second-order valence-corrected chi connectivity index (χ2v) is 7.84. The fourth-order valence-electron chi connectivity index (χ4n) is 4.30. The van der Waals surface area contributed by atoms with Gasteiger partial charge in [0.15, 0.2) is 0 Å². The standard InChI is InChI=1S/C21H30N2O2/c1-2-16-6-3-4-9-20(16)25-19-14-23(15-19)18-10-12-22(13-11-18)21(24)17-7-5-8-17/h3-4,6,9,17-19H,2,5,7-8,10-15H2,1H3. The van der Waals surface area contributed by atoms with Crippen molar-refractivity contribution in [1.29, 1.82) is 0 Å². The van der Waals surface area contributed by atoms with Gasteiger partial charge in [-0.15, -0.1) is 0 Å². The number of piperidine rings is 1. The van der Waals surface area contributed by atoms with E-state index in [1.54, 1.807) is 0 Å². The van der Waals surface area contributed by atoms with Gasteiger partial charge >= 0.3 is 0 Å². The Morgan fingerprint density at radius 2 is 1.84 bits per heavy atom. The van der Waals surface area contributed by atoms with Gasteiger partial charge in [0.2, 0.25) is 5.91 Å². The van der Waals surface area contributed by atoms with Gasteiger partial charge in [0.05, 0.1) is 0 Å². The molecule has 0 radical (unpaired) electrons. The van der Waals surface area contributed by atoms with E-state index in [1.165, 1.54) is 12.0 Å². The van der Waals surface area contributed by atoms with Gasteiger partial charge in [-0.1, -0.05) is 31.5 Å². The minimum atomic E-state index is 0.322. The predicted octanol–water partition coefficient (Wildman–Crippen LogP) is 3.10. The van der Waals surface area contributed by atoms with E-state index in [1.807, 2.05) is 0 Å². The van der Waals surface area contributed by atoms with Crippen LogP contribution in [-0.2, 0) is 11.2 Å². The van der Waals surface area contributed by atoms with Gasteiger partial charge in [0, 0.05) is 38.1 Å². The van der Waals surface area contributed by atoms with Crippen molar-refractivity contribution in [2.24, 2.45) is 5.92 Å². The Morgan fingerprint density at radius 3 is 2.48 bits per heavy atom. The summed E-state index contributed by atoms with van der Waals surface area (Å²) in [6, 6.07) is 9.01. The van der Waals surface area contributed by atoms with E-state index in [-0.39, 0.29) is 0 Å². The molecule has 4 nitrogen and oxygen atoms in total. The number of carbonyl (C=O) groups is 1. The smallest absolute Gasteiger partial charge is 0.225 e. The Balaban J connectivity index is 1.21. The molecule has 3 fully saturated rings. The van der Waals surface area contributed by atoms with E-state index in [0.717, 1.165) is 64.0 Å². The van der Waals surface area contributed by atoms with Crippen LogP contribution in [0.1, 0.15) is 44.6 Å². The second kappa shape index (κ2) is 7.36. The molecule has 4 rings (SSSR count). The van der Waals surface area contributed by atoms with Crippen molar-refractivity contribution in [3.8, 4) is 5.75 Å². The van der Waals surface area contributed by atoms with Crippen LogP contribution in [0.15, 0.2) is 24.3 Å². The summed E-state index contributed by atoms with van der Waals surface area (Å²) in [5, 5.41) is 0. The Morgan fingerprint density at radius 1 is 1.12 bits per heavy atom. The minimum absolute atomic E-state index is 0.322. The first kappa shape index (κ1) is 16.9. The number of amides is 1. The normalized spacial score (nSPS) is 23.2. The number of likely N-dealkylation sites (tertiary alicyclic amines) is 2. The maximum absolute atomic E-state index is 12.3. The lowest BCUT2D eigenvalue weighted by Gasteiger charge is -2.47. The number of benzene rings is 1. The summed E-state index contributed by atoms with van der Waals surface area (Å²) >= 11 is 0. The maximum Gasteiger partial charge on any atom is 0.225 e. The molecule has 25 heavy (non-hydrogen) atoms. The first-order valence-electron chi connectivity index (χ1n) is 10.0. The van der Waals surface area contributed by atoms with Crippen LogP contribution >= 0.6 is 0 Å². The van der Waals surface area contributed by atoms with Crippen molar-refractivity contribution in [3.63, 3.8) is 0 Å². The van der Waals surface area contributed by atoms with Gasteiger partial charge in [-0.3, -0.25) is 9.69 Å². The largest absolute Gasteiger partial charge is 0.487 e. The number of hydrogen-bond acceptors (Lipinski definition) is 3. The number of hydrogen-bond donors (Lipinski definition) is 0. The van der Waals surface area contributed by atoms with Crippen LogP contribution < -0.4 is 4.74 Å². The molecule has 3 aliphatic rings. The molecule has 1 saturated carbocycles. The monoisotopic (exact) mass is 342 g/mol. The summed E-state index contributed by atoms with van der Waals surface area (Å²) in [7, 11) is 0. The van der Waals surface area contributed by atoms with Crippen LogP contribution in [0.5, 0.6) is 5.75 Å². The second-order valence-electron chi connectivity index (χ2n) is 7.84. The van der Waals surface area contributed by atoms with Crippen LogP contribution in [0.3, 0.4) is 0 Å². The van der Waals surface area contributed by atoms with E-state index >= 15 is 0 Å². The number of para-hydroxylation sites is 1. The number of carbonyl (C=O) groups excluding carboxylic acids is 1. The van der Waals surface area contributed by atoms with Gasteiger partial charge in [-0.2, -0.15) is 0 Å². The van der Waals surface area contributed by atoms with Gasteiger partial charge in [0.1, 0.15) is 11.9 Å². The molecule has 2 aliphatic heterocycles. The number of aryl methyl sites for hydroxylation is 1. The molecule has 0 aromatic heterocycles. The third-order valence-electron chi connectivity index (χ3n) is 6.27. The first-order chi connectivity index (χ1) is 12.2. The molecule has 1 aromatic carbocycles. The van der Waals surface area contributed by atoms with Crippen molar-refractivity contribution < 1.29 is 9.53 Å². The highest BCUT2D eigenvalue weighted by Crippen LogP contribution is 2.31. The zero-order valence-electron chi connectivity index (χ0n) is 15.3. The summed E-state index contributed by atoms with van der Waals surface area (Å²) in [5.41, 5.74) is 1.30.